The van der Waals surface area contributed by atoms with Crippen molar-refractivity contribution in [3.05, 3.63) is 0 Å². The molecule has 0 aliphatic carbocycles. The van der Waals surface area contributed by atoms with Gasteiger partial charge in [0, 0.05) is 0 Å². The molecule has 0 saturated heterocycles. The van der Waals surface area contributed by atoms with Crippen molar-refractivity contribution in [2.24, 2.45) is 0 Å². The molecule has 0 rings (SSSR count). The van der Waals surface area contributed by atoms with Gasteiger partial charge in [0.1, 0.15) is 6.10 Å². The average molecular weight is 281 g/mol. The molecule has 0 aliphatic heterocycles. The zero-order chi connectivity index (χ0) is 14.3. The van der Waals surface area contributed by atoms with Gasteiger partial charge in [0.25, 0.3) is 5.16 Å². The van der Waals surface area contributed by atoms with E-state index in [1.807, 2.05) is 0 Å². The van der Waals surface area contributed by atoms with Crippen molar-refractivity contribution in [3.63, 3.8) is 0 Å². The summed E-state index contributed by atoms with van der Waals surface area (Å²) in [5.74, 6) is -3.94. The molecule has 0 spiro atoms. The lowest BCUT2D eigenvalue weighted by atomic mass is 10.0. The number of ether oxygens (including phenoxy) is 1. The Hall–Kier alpha value is -1.53. The van der Waals surface area contributed by atoms with Crippen LogP contribution in [0.1, 0.15) is 19.8 Å². The summed E-state index contributed by atoms with van der Waals surface area (Å²) < 4.78 is 15.9. The Balaban J connectivity index is 4.85. The van der Waals surface area contributed by atoms with Gasteiger partial charge < -0.3 is 20.1 Å². The van der Waals surface area contributed by atoms with Crippen LogP contribution in [-0.4, -0.2) is 51.1 Å². The van der Waals surface area contributed by atoms with Gasteiger partial charge in [-0.2, -0.15) is 0 Å². The van der Waals surface area contributed by atoms with Gasteiger partial charge in [-0.05, 0) is 6.92 Å². The Morgan fingerprint density at radius 3 is 2.11 bits per heavy atom. The van der Waals surface area contributed by atoms with Crippen LogP contribution in [0.25, 0.3) is 0 Å². The van der Waals surface area contributed by atoms with Crippen LogP contribution in [-0.2, 0) is 23.7 Å². The summed E-state index contributed by atoms with van der Waals surface area (Å²) in [5, 5.41) is 24.1. The molecule has 0 aromatic carbocycles. The third-order valence-corrected chi connectivity index (χ3v) is 3.26. The predicted molar refractivity (Wildman–Crippen MR) is 59.3 cm³/mol. The van der Waals surface area contributed by atoms with Gasteiger partial charge in [-0.1, -0.05) is 4.57 Å². The molecule has 9 heteroatoms. The highest BCUT2D eigenvalue weighted by Gasteiger charge is 2.51. The van der Waals surface area contributed by atoms with Crippen molar-refractivity contribution in [1.82, 2.24) is 0 Å². The van der Waals surface area contributed by atoms with E-state index in [1.54, 1.807) is 0 Å². The van der Waals surface area contributed by atoms with Gasteiger partial charge in [-0.25, -0.2) is 4.79 Å². The highest BCUT2D eigenvalue weighted by atomic mass is 31.1. The number of rotatable bonds is 9. The summed E-state index contributed by atoms with van der Waals surface area (Å²) >= 11 is 0. The first-order chi connectivity index (χ1) is 8.24. The van der Waals surface area contributed by atoms with Gasteiger partial charge in [-0.15, -0.1) is 0 Å². The minimum atomic E-state index is -1.88. The summed E-state index contributed by atoms with van der Waals surface area (Å²) in [6, 6.07) is 0. The van der Waals surface area contributed by atoms with Crippen LogP contribution in [0.3, 0.4) is 0 Å². The fraction of sp³-hybridized carbons (Fsp3) is 0.667. The molecule has 0 bridgehead atoms. The van der Waals surface area contributed by atoms with Gasteiger partial charge in [0.05, 0.1) is 19.4 Å². The van der Waals surface area contributed by atoms with Gasteiger partial charge in [0.15, 0.2) is 0 Å². The molecule has 8 nitrogen and oxygen atoms in total. The van der Waals surface area contributed by atoms with Crippen molar-refractivity contribution in [3.8, 4) is 0 Å². The topological polar surface area (TPSA) is 138 Å². The standard InChI is InChI=1S/C9H13O8P/c1-9(18-16,8(14)15)5(4-7(12)13)17-3-2-6(10)11/h5H,2-4H2,1H3,(H,10,11)(H,12,13)(H,14,15)/p+1. The summed E-state index contributed by atoms with van der Waals surface area (Å²) in [6.07, 6.45) is -2.42. The number of aliphatic carboxylic acids is 3. The highest BCUT2D eigenvalue weighted by Crippen LogP contribution is 2.31. The number of carboxylic acid groups (broad SMARTS) is 3. The van der Waals surface area contributed by atoms with E-state index in [-0.39, 0.29) is 6.61 Å². The first-order valence-electron chi connectivity index (χ1n) is 4.92. The van der Waals surface area contributed by atoms with Gasteiger partial charge in [-0.3, -0.25) is 9.59 Å². The molecule has 0 aromatic heterocycles. The Morgan fingerprint density at radius 1 is 1.22 bits per heavy atom. The Labute approximate surface area is 104 Å². The van der Waals surface area contributed by atoms with Gasteiger partial charge >= 0.3 is 26.4 Å². The first-order valence-corrected chi connectivity index (χ1v) is 5.82. The molecule has 18 heavy (non-hydrogen) atoms. The molecule has 0 amide bonds. The molecule has 3 N–H and O–H groups in total. The van der Waals surface area contributed by atoms with Crippen LogP contribution < -0.4 is 0 Å². The smallest absolute Gasteiger partial charge is 0.361 e. The van der Waals surface area contributed by atoms with E-state index in [0.717, 1.165) is 6.92 Å². The van der Waals surface area contributed by atoms with Gasteiger partial charge in [0.2, 0.25) is 0 Å². The summed E-state index contributed by atoms with van der Waals surface area (Å²) in [5.41, 5.74) is 0. The molecule has 0 fully saturated rings. The molecule has 0 saturated carbocycles. The third-order valence-electron chi connectivity index (χ3n) is 2.30. The Morgan fingerprint density at radius 2 is 1.78 bits per heavy atom. The van der Waals surface area contributed by atoms with E-state index in [2.05, 4.69) is 0 Å². The largest absolute Gasteiger partial charge is 0.481 e. The Kier molecular flexibility index (Phi) is 6.43. The molecule has 3 atom stereocenters. The highest BCUT2D eigenvalue weighted by molar-refractivity contribution is 7.27. The van der Waals surface area contributed by atoms with E-state index >= 15 is 0 Å². The van der Waals surface area contributed by atoms with E-state index in [0.29, 0.717) is 0 Å². The van der Waals surface area contributed by atoms with Crippen LogP contribution in [0, 0.1) is 0 Å². The molecule has 0 aromatic rings. The Bertz CT molecular complexity index is 354. The second kappa shape index (κ2) is 7.03. The maximum atomic E-state index is 11.0. The number of hydrogen-bond donors (Lipinski definition) is 3. The minimum absolute atomic E-state index is 0.347. The van der Waals surface area contributed by atoms with Crippen LogP contribution in [0.15, 0.2) is 0 Å². The fourth-order valence-electron chi connectivity index (χ4n) is 1.12. The quantitative estimate of drug-likeness (QED) is 0.509. The van der Waals surface area contributed by atoms with Crippen molar-refractivity contribution in [1.29, 1.82) is 0 Å². The fourth-order valence-corrected chi connectivity index (χ4v) is 1.53. The molecule has 102 valence electrons. The third kappa shape index (κ3) is 4.77. The molecule has 3 unspecified atom stereocenters. The normalized spacial score (nSPS) is 15.8. The van der Waals surface area contributed by atoms with Crippen LogP contribution >= 0.6 is 8.46 Å². The summed E-state index contributed by atoms with van der Waals surface area (Å²) in [7, 11) is -1.32. The van der Waals surface area contributed by atoms with E-state index in [4.69, 9.17) is 20.1 Å². The van der Waals surface area contributed by atoms with Crippen LogP contribution in [0.4, 0.5) is 0 Å². The minimum Gasteiger partial charge on any atom is -0.481 e. The molecular weight excluding hydrogens is 267 g/mol. The van der Waals surface area contributed by atoms with Crippen molar-refractivity contribution >= 4 is 26.4 Å². The second-order valence-electron chi connectivity index (χ2n) is 3.71. The zero-order valence-corrected chi connectivity index (χ0v) is 10.6. The summed E-state index contributed by atoms with van der Waals surface area (Å²) in [6.45, 7) is 0.746. The maximum absolute atomic E-state index is 11.0. The first kappa shape index (κ1) is 16.5. The molecule has 0 aliphatic rings. The van der Waals surface area contributed by atoms with Crippen molar-refractivity contribution in [2.75, 3.05) is 6.61 Å². The zero-order valence-electron chi connectivity index (χ0n) is 9.58. The van der Waals surface area contributed by atoms with E-state index in [9.17, 15) is 18.9 Å². The SMILES string of the molecule is CC([PH+]=O)(C(=O)O)C(CC(=O)O)OCCC(=O)O. The number of carboxylic acids is 3. The molecule has 0 radical (unpaired) electrons. The predicted octanol–water partition coefficient (Wildman–Crippen LogP) is 0.188. The van der Waals surface area contributed by atoms with E-state index < -0.39 is 50.5 Å². The lowest BCUT2D eigenvalue weighted by molar-refractivity contribution is -0.148. The van der Waals surface area contributed by atoms with E-state index in [1.165, 1.54) is 0 Å². The summed E-state index contributed by atoms with van der Waals surface area (Å²) in [4.78, 5) is 31.9. The number of hydrogen-bond acceptors (Lipinski definition) is 5. The number of carbonyl (C=O) groups is 3. The maximum Gasteiger partial charge on any atom is 0.361 e. The average Bonchev–Trinajstić information content (AvgIpc) is 2.25. The lowest BCUT2D eigenvalue weighted by Gasteiger charge is -2.21. The molecular formula is C9H14O8P+. The molecule has 0 heterocycles. The second-order valence-corrected chi connectivity index (χ2v) is 4.95. The monoisotopic (exact) mass is 281 g/mol. The van der Waals surface area contributed by atoms with Crippen molar-refractivity contribution < 1.29 is 39.0 Å². The van der Waals surface area contributed by atoms with Crippen molar-refractivity contribution in [2.45, 2.75) is 31.0 Å². The van der Waals surface area contributed by atoms with Crippen LogP contribution in [0.2, 0.25) is 0 Å². The lowest BCUT2D eigenvalue weighted by Crippen LogP contribution is -2.45. The van der Waals surface area contributed by atoms with Crippen LogP contribution in [0.5, 0.6) is 0 Å².